The highest BCUT2D eigenvalue weighted by Gasteiger charge is 2.28. The molecule has 0 aliphatic rings. The van der Waals surface area contributed by atoms with E-state index in [4.69, 9.17) is 9.05 Å². The number of halogens is 1. The van der Waals surface area contributed by atoms with Crippen LogP contribution in [0.3, 0.4) is 0 Å². The molecule has 0 aliphatic heterocycles. The second-order valence-corrected chi connectivity index (χ2v) is 6.17. The molecule has 1 rings (SSSR count). The summed E-state index contributed by atoms with van der Waals surface area (Å²) in [4.78, 5) is 0. The average Bonchev–Trinajstić information content (AvgIpc) is 2.17. The monoisotopic (exact) mass is 306 g/mol. The summed E-state index contributed by atoms with van der Waals surface area (Å²) in [6, 6.07) is 5.53. The Morgan fingerprint density at radius 3 is 2.25 bits per heavy atom. The molecule has 0 aliphatic carbocycles. The first-order valence-electron chi connectivity index (χ1n) is 5.19. The van der Waals surface area contributed by atoms with Crippen molar-refractivity contribution in [1.82, 2.24) is 0 Å². The Balaban J connectivity index is 3.15. The third kappa shape index (κ3) is 3.17. The van der Waals surface area contributed by atoms with Crippen molar-refractivity contribution in [3.8, 4) is 0 Å². The predicted molar refractivity (Wildman–Crippen MR) is 69.4 cm³/mol. The van der Waals surface area contributed by atoms with Crippen molar-refractivity contribution in [3.05, 3.63) is 28.2 Å². The summed E-state index contributed by atoms with van der Waals surface area (Å²) in [7, 11) is -3.15. The fraction of sp³-hybridized carbons (Fsp3) is 0.455. The molecule has 1 aromatic rings. The summed E-state index contributed by atoms with van der Waals surface area (Å²) in [6.45, 7) is 6.24. The maximum atomic E-state index is 12.5. The summed E-state index contributed by atoms with van der Waals surface area (Å²) >= 11 is 3.37. The SMILES string of the molecule is CCOP(=O)(OCC)c1ccc(Br)cc1C. The van der Waals surface area contributed by atoms with E-state index in [2.05, 4.69) is 15.9 Å². The van der Waals surface area contributed by atoms with Gasteiger partial charge >= 0.3 is 7.60 Å². The van der Waals surface area contributed by atoms with Crippen molar-refractivity contribution >= 4 is 28.8 Å². The molecule has 0 radical (unpaired) electrons. The van der Waals surface area contributed by atoms with Crippen molar-refractivity contribution in [2.24, 2.45) is 0 Å². The van der Waals surface area contributed by atoms with E-state index in [1.54, 1.807) is 19.9 Å². The van der Waals surface area contributed by atoms with E-state index in [-0.39, 0.29) is 0 Å². The number of rotatable bonds is 5. The van der Waals surface area contributed by atoms with E-state index in [0.29, 0.717) is 18.5 Å². The zero-order valence-electron chi connectivity index (χ0n) is 9.70. The number of hydrogen-bond acceptors (Lipinski definition) is 3. The molecular formula is C11H16BrO3P. The summed E-state index contributed by atoms with van der Waals surface area (Å²) < 4.78 is 24.0. The smallest absolute Gasteiger partial charge is 0.305 e. The Kier molecular flexibility index (Phi) is 5.19. The van der Waals surface area contributed by atoms with Gasteiger partial charge in [0.1, 0.15) is 0 Å². The van der Waals surface area contributed by atoms with Gasteiger partial charge in [-0.2, -0.15) is 0 Å². The molecule has 3 nitrogen and oxygen atoms in total. The number of hydrogen-bond donors (Lipinski definition) is 0. The summed E-state index contributed by atoms with van der Waals surface area (Å²) in [5.74, 6) is 0. The van der Waals surface area contributed by atoms with E-state index >= 15 is 0 Å². The van der Waals surface area contributed by atoms with Gasteiger partial charge in [-0.15, -0.1) is 0 Å². The van der Waals surface area contributed by atoms with Gasteiger partial charge in [-0.1, -0.05) is 15.9 Å². The van der Waals surface area contributed by atoms with Gasteiger partial charge in [0.05, 0.1) is 18.5 Å². The van der Waals surface area contributed by atoms with Crippen molar-refractivity contribution in [2.45, 2.75) is 20.8 Å². The lowest BCUT2D eigenvalue weighted by atomic mass is 10.2. The zero-order chi connectivity index (χ0) is 12.2. The van der Waals surface area contributed by atoms with Gasteiger partial charge in [-0.05, 0) is 44.5 Å². The van der Waals surface area contributed by atoms with Gasteiger partial charge in [-0.25, -0.2) is 0 Å². The standard InChI is InChI=1S/C11H16BrO3P/c1-4-14-16(13,15-5-2)11-7-6-10(12)8-9(11)3/h6-8H,4-5H2,1-3H3. The molecule has 0 amide bonds. The van der Waals surface area contributed by atoms with Crippen molar-refractivity contribution < 1.29 is 13.6 Å². The minimum atomic E-state index is -3.15. The first-order chi connectivity index (χ1) is 7.53. The van der Waals surface area contributed by atoms with Crippen LogP contribution >= 0.6 is 23.5 Å². The molecule has 0 aromatic heterocycles. The first-order valence-corrected chi connectivity index (χ1v) is 7.53. The largest absolute Gasteiger partial charge is 0.361 e. The summed E-state index contributed by atoms with van der Waals surface area (Å²) in [5, 5.41) is 0.638. The molecule has 0 atom stereocenters. The first kappa shape index (κ1) is 13.9. The molecule has 0 saturated heterocycles. The lowest BCUT2D eigenvalue weighted by Gasteiger charge is -2.18. The van der Waals surface area contributed by atoms with Crippen LogP contribution in [-0.2, 0) is 13.6 Å². The maximum Gasteiger partial charge on any atom is 0.361 e. The van der Waals surface area contributed by atoms with E-state index in [9.17, 15) is 4.57 Å². The van der Waals surface area contributed by atoms with Crippen LogP contribution in [0.2, 0.25) is 0 Å². The van der Waals surface area contributed by atoms with Crippen LogP contribution in [0.15, 0.2) is 22.7 Å². The molecule has 1 aromatic carbocycles. The van der Waals surface area contributed by atoms with Crippen molar-refractivity contribution in [2.75, 3.05) is 13.2 Å². The van der Waals surface area contributed by atoms with Crippen LogP contribution < -0.4 is 5.30 Å². The molecule has 0 spiro atoms. The predicted octanol–water partition coefficient (Wildman–Crippen LogP) is 3.65. The topological polar surface area (TPSA) is 35.5 Å². The van der Waals surface area contributed by atoms with Gasteiger partial charge in [-0.3, -0.25) is 4.57 Å². The van der Waals surface area contributed by atoms with Crippen molar-refractivity contribution in [3.63, 3.8) is 0 Å². The van der Waals surface area contributed by atoms with Crippen molar-refractivity contribution in [1.29, 1.82) is 0 Å². The summed E-state index contributed by atoms with van der Waals surface area (Å²) in [6.07, 6.45) is 0. The molecule has 0 heterocycles. The average molecular weight is 307 g/mol. The normalized spacial score (nSPS) is 11.8. The quantitative estimate of drug-likeness (QED) is 0.779. The summed E-state index contributed by atoms with van der Waals surface area (Å²) in [5.41, 5.74) is 0.902. The fourth-order valence-electron chi connectivity index (χ4n) is 1.44. The molecule has 0 fully saturated rings. The Morgan fingerprint density at radius 2 is 1.81 bits per heavy atom. The lowest BCUT2D eigenvalue weighted by Crippen LogP contribution is -2.13. The Bertz CT molecular complexity index is 396. The molecule has 0 N–H and O–H groups in total. The fourth-order valence-corrected chi connectivity index (χ4v) is 3.70. The zero-order valence-corrected chi connectivity index (χ0v) is 12.2. The Labute approximate surface area is 105 Å². The highest BCUT2D eigenvalue weighted by atomic mass is 79.9. The van der Waals surface area contributed by atoms with E-state index in [0.717, 1.165) is 10.0 Å². The molecule has 16 heavy (non-hydrogen) atoms. The molecule has 5 heteroatoms. The van der Waals surface area contributed by atoms with Gasteiger partial charge in [0.25, 0.3) is 0 Å². The van der Waals surface area contributed by atoms with Crippen LogP contribution in [0.4, 0.5) is 0 Å². The Morgan fingerprint density at radius 1 is 1.25 bits per heavy atom. The van der Waals surface area contributed by atoms with E-state index in [1.807, 2.05) is 19.1 Å². The highest BCUT2D eigenvalue weighted by molar-refractivity contribution is 9.10. The van der Waals surface area contributed by atoms with Gasteiger partial charge in [0.15, 0.2) is 0 Å². The number of aryl methyl sites for hydroxylation is 1. The molecule has 0 unspecified atom stereocenters. The van der Waals surface area contributed by atoms with Gasteiger partial charge in [0, 0.05) is 4.47 Å². The van der Waals surface area contributed by atoms with Crippen LogP contribution in [0.25, 0.3) is 0 Å². The minimum absolute atomic E-state index is 0.368. The second kappa shape index (κ2) is 5.97. The minimum Gasteiger partial charge on any atom is -0.305 e. The van der Waals surface area contributed by atoms with Gasteiger partial charge in [0.2, 0.25) is 0 Å². The lowest BCUT2D eigenvalue weighted by molar-refractivity contribution is 0.230. The maximum absolute atomic E-state index is 12.5. The van der Waals surface area contributed by atoms with Gasteiger partial charge < -0.3 is 9.05 Å². The van der Waals surface area contributed by atoms with Crippen LogP contribution in [-0.4, -0.2) is 13.2 Å². The third-order valence-corrected chi connectivity index (χ3v) is 4.83. The second-order valence-electron chi connectivity index (χ2n) is 3.26. The van der Waals surface area contributed by atoms with Crippen LogP contribution in [0.1, 0.15) is 19.4 Å². The van der Waals surface area contributed by atoms with E-state index < -0.39 is 7.60 Å². The Hall–Kier alpha value is -0.150. The molecule has 0 saturated carbocycles. The molecule has 0 bridgehead atoms. The van der Waals surface area contributed by atoms with E-state index in [1.165, 1.54) is 0 Å². The highest BCUT2D eigenvalue weighted by Crippen LogP contribution is 2.47. The van der Waals surface area contributed by atoms with Crippen LogP contribution in [0, 0.1) is 6.92 Å². The molecule has 90 valence electrons. The van der Waals surface area contributed by atoms with Crippen LogP contribution in [0.5, 0.6) is 0 Å². The molecular weight excluding hydrogens is 291 g/mol. The number of benzene rings is 1. The third-order valence-electron chi connectivity index (χ3n) is 2.05.